The molecule has 0 aliphatic heterocycles. The molecule has 1 unspecified atom stereocenters. The molecule has 2 aliphatic carbocycles. The lowest BCUT2D eigenvalue weighted by Gasteiger charge is -2.26. The summed E-state index contributed by atoms with van der Waals surface area (Å²) < 4.78 is 0. The van der Waals surface area contributed by atoms with E-state index < -0.39 is 0 Å². The van der Waals surface area contributed by atoms with Crippen LogP contribution in [-0.4, -0.2) is 41.3 Å². The van der Waals surface area contributed by atoms with Gasteiger partial charge in [0.1, 0.15) is 0 Å². The van der Waals surface area contributed by atoms with E-state index in [-0.39, 0.29) is 18.7 Å². The van der Waals surface area contributed by atoms with Gasteiger partial charge in [0, 0.05) is 18.6 Å². The van der Waals surface area contributed by atoms with Crippen LogP contribution in [0, 0.1) is 5.92 Å². The summed E-state index contributed by atoms with van der Waals surface area (Å²) >= 11 is 0. The van der Waals surface area contributed by atoms with Crippen molar-refractivity contribution in [1.29, 1.82) is 0 Å². The number of nitrogens with one attached hydrogen (secondary N) is 1. The fraction of sp³-hybridized carbons (Fsp3) is 0.938. The first-order chi connectivity index (χ1) is 9.70. The van der Waals surface area contributed by atoms with Crippen LogP contribution in [0.4, 0.5) is 4.79 Å². The Balaban J connectivity index is 1.66. The molecule has 2 amide bonds. The van der Waals surface area contributed by atoms with Gasteiger partial charge < -0.3 is 15.3 Å². The smallest absolute Gasteiger partial charge is 0.317 e. The van der Waals surface area contributed by atoms with Gasteiger partial charge in [0.25, 0.3) is 0 Å². The second kappa shape index (κ2) is 7.87. The molecule has 2 rings (SSSR count). The summed E-state index contributed by atoms with van der Waals surface area (Å²) in [5.74, 6) is 0.875. The van der Waals surface area contributed by atoms with Gasteiger partial charge in [-0.05, 0) is 38.5 Å². The van der Waals surface area contributed by atoms with Gasteiger partial charge in [-0.1, -0.05) is 32.1 Å². The molecule has 116 valence electrons. The summed E-state index contributed by atoms with van der Waals surface area (Å²) in [4.78, 5) is 14.0. The predicted molar refractivity (Wildman–Crippen MR) is 80.6 cm³/mol. The molecule has 4 heteroatoms. The van der Waals surface area contributed by atoms with Crippen LogP contribution in [0.5, 0.6) is 0 Å². The van der Waals surface area contributed by atoms with Crippen molar-refractivity contribution in [1.82, 2.24) is 10.2 Å². The fourth-order valence-corrected chi connectivity index (χ4v) is 3.27. The lowest BCUT2D eigenvalue weighted by molar-refractivity contribution is 0.170. The van der Waals surface area contributed by atoms with E-state index in [2.05, 4.69) is 12.2 Å². The lowest BCUT2D eigenvalue weighted by Crippen LogP contribution is -2.46. The molecule has 0 aromatic carbocycles. The SMILES string of the molecule is CC(CCC1CCCCC1)NC(=O)N(CCO)C1CC1. The molecule has 2 aliphatic rings. The number of hydrogen-bond acceptors (Lipinski definition) is 2. The fourth-order valence-electron chi connectivity index (χ4n) is 3.27. The van der Waals surface area contributed by atoms with Gasteiger partial charge in [0.2, 0.25) is 0 Å². The Labute approximate surface area is 122 Å². The summed E-state index contributed by atoms with van der Waals surface area (Å²) in [6.07, 6.45) is 11.4. The summed E-state index contributed by atoms with van der Waals surface area (Å²) in [7, 11) is 0. The molecular weight excluding hydrogens is 252 g/mol. The van der Waals surface area contributed by atoms with Crippen molar-refractivity contribution in [2.75, 3.05) is 13.2 Å². The van der Waals surface area contributed by atoms with E-state index in [0.717, 1.165) is 25.2 Å². The van der Waals surface area contributed by atoms with Crippen molar-refractivity contribution < 1.29 is 9.90 Å². The average Bonchev–Trinajstić information content (AvgIpc) is 3.28. The highest BCUT2D eigenvalue weighted by Crippen LogP contribution is 2.28. The van der Waals surface area contributed by atoms with Crippen LogP contribution >= 0.6 is 0 Å². The Bertz CT molecular complexity index is 299. The maximum Gasteiger partial charge on any atom is 0.317 e. The Kier molecular flexibility index (Phi) is 6.14. The lowest BCUT2D eigenvalue weighted by atomic mass is 9.85. The second-order valence-corrected chi connectivity index (χ2v) is 6.58. The first-order valence-electron chi connectivity index (χ1n) is 8.38. The van der Waals surface area contributed by atoms with Gasteiger partial charge in [-0.15, -0.1) is 0 Å². The third-order valence-electron chi connectivity index (χ3n) is 4.69. The number of aliphatic hydroxyl groups excluding tert-OH is 1. The van der Waals surface area contributed by atoms with Crippen molar-refractivity contribution in [2.24, 2.45) is 5.92 Å². The summed E-state index contributed by atoms with van der Waals surface area (Å²) in [5, 5.41) is 12.1. The van der Waals surface area contributed by atoms with Crippen molar-refractivity contribution >= 4 is 6.03 Å². The van der Waals surface area contributed by atoms with Gasteiger partial charge >= 0.3 is 6.03 Å². The second-order valence-electron chi connectivity index (χ2n) is 6.58. The summed E-state index contributed by atoms with van der Waals surface area (Å²) in [6.45, 7) is 2.62. The zero-order valence-electron chi connectivity index (χ0n) is 12.8. The Hall–Kier alpha value is -0.770. The summed E-state index contributed by atoms with van der Waals surface area (Å²) in [5.41, 5.74) is 0. The Morgan fingerprint density at radius 3 is 2.55 bits per heavy atom. The van der Waals surface area contributed by atoms with Crippen molar-refractivity contribution in [3.8, 4) is 0 Å². The first-order valence-corrected chi connectivity index (χ1v) is 8.38. The first kappa shape index (κ1) is 15.6. The molecular formula is C16H30N2O2. The number of carbonyl (C=O) groups is 1. The highest BCUT2D eigenvalue weighted by atomic mass is 16.3. The molecule has 4 nitrogen and oxygen atoms in total. The highest BCUT2D eigenvalue weighted by Gasteiger charge is 2.32. The molecule has 2 N–H and O–H groups in total. The van der Waals surface area contributed by atoms with Crippen LogP contribution in [0.2, 0.25) is 0 Å². The molecule has 2 saturated carbocycles. The zero-order valence-corrected chi connectivity index (χ0v) is 12.8. The molecule has 0 bridgehead atoms. The normalized spacial score (nSPS) is 21.5. The van der Waals surface area contributed by atoms with Crippen molar-refractivity contribution in [3.05, 3.63) is 0 Å². The van der Waals surface area contributed by atoms with Crippen molar-refractivity contribution in [2.45, 2.75) is 76.8 Å². The molecule has 0 heterocycles. The average molecular weight is 282 g/mol. The standard InChI is InChI=1S/C16H30N2O2/c1-13(7-8-14-5-3-2-4-6-14)17-16(20)18(11-12-19)15-9-10-15/h13-15,19H,2-12H2,1H3,(H,17,20). The Morgan fingerprint density at radius 1 is 1.25 bits per heavy atom. The van der Waals surface area contributed by atoms with Gasteiger partial charge in [0.15, 0.2) is 0 Å². The van der Waals surface area contributed by atoms with Gasteiger partial charge in [-0.3, -0.25) is 0 Å². The third kappa shape index (κ3) is 4.97. The number of amides is 2. The minimum atomic E-state index is 0.0118. The van der Waals surface area contributed by atoms with E-state index in [1.165, 1.54) is 38.5 Å². The van der Waals surface area contributed by atoms with Gasteiger partial charge in [-0.2, -0.15) is 0 Å². The number of urea groups is 1. The molecule has 20 heavy (non-hydrogen) atoms. The number of nitrogens with zero attached hydrogens (tertiary/aromatic N) is 1. The molecule has 0 aromatic heterocycles. The minimum absolute atomic E-state index is 0.0118. The van der Waals surface area contributed by atoms with E-state index in [9.17, 15) is 4.79 Å². The minimum Gasteiger partial charge on any atom is -0.395 e. The number of hydrogen-bond donors (Lipinski definition) is 2. The molecule has 0 radical (unpaired) electrons. The molecule has 0 spiro atoms. The highest BCUT2D eigenvalue weighted by molar-refractivity contribution is 5.75. The molecule has 1 atom stereocenters. The third-order valence-corrected chi connectivity index (χ3v) is 4.69. The van der Waals surface area contributed by atoms with Crippen LogP contribution in [0.15, 0.2) is 0 Å². The zero-order chi connectivity index (χ0) is 14.4. The van der Waals surface area contributed by atoms with E-state index >= 15 is 0 Å². The topological polar surface area (TPSA) is 52.6 Å². The van der Waals surface area contributed by atoms with Crippen LogP contribution in [0.1, 0.15) is 64.7 Å². The van der Waals surface area contributed by atoms with Crippen LogP contribution < -0.4 is 5.32 Å². The number of rotatable bonds is 7. The molecule has 2 fully saturated rings. The van der Waals surface area contributed by atoms with Crippen LogP contribution in [0.25, 0.3) is 0 Å². The van der Waals surface area contributed by atoms with E-state index in [1.54, 1.807) is 4.90 Å². The molecule has 0 aromatic rings. The number of aliphatic hydroxyl groups is 1. The maximum absolute atomic E-state index is 12.2. The van der Waals surface area contributed by atoms with E-state index in [1.807, 2.05) is 0 Å². The predicted octanol–water partition coefficient (Wildman–Crippen LogP) is 2.90. The number of carbonyl (C=O) groups excluding carboxylic acids is 1. The van der Waals surface area contributed by atoms with Crippen LogP contribution in [-0.2, 0) is 0 Å². The van der Waals surface area contributed by atoms with E-state index in [0.29, 0.717) is 12.6 Å². The largest absolute Gasteiger partial charge is 0.395 e. The van der Waals surface area contributed by atoms with Gasteiger partial charge in [0.05, 0.1) is 6.61 Å². The Morgan fingerprint density at radius 2 is 1.95 bits per heavy atom. The van der Waals surface area contributed by atoms with Crippen molar-refractivity contribution in [3.63, 3.8) is 0 Å². The molecule has 0 saturated heterocycles. The van der Waals surface area contributed by atoms with E-state index in [4.69, 9.17) is 5.11 Å². The maximum atomic E-state index is 12.2. The quantitative estimate of drug-likeness (QED) is 0.754. The van der Waals surface area contributed by atoms with Crippen LogP contribution in [0.3, 0.4) is 0 Å². The monoisotopic (exact) mass is 282 g/mol. The van der Waals surface area contributed by atoms with Gasteiger partial charge in [-0.25, -0.2) is 4.79 Å². The summed E-state index contributed by atoms with van der Waals surface area (Å²) in [6, 6.07) is 0.620.